The second-order valence-electron chi connectivity index (χ2n) is 12.3. The Kier molecular flexibility index (Phi) is 7.32. The van der Waals surface area contributed by atoms with E-state index < -0.39 is 60.4 Å². The maximum atomic E-state index is 13.3. The summed E-state index contributed by atoms with van der Waals surface area (Å²) >= 11 is 0. The fourth-order valence-electron chi connectivity index (χ4n) is 7.61. The summed E-state index contributed by atoms with van der Waals surface area (Å²) in [5, 5.41) is 60.7. The van der Waals surface area contributed by atoms with Gasteiger partial charge in [0, 0.05) is 5.41 Å². The Bertz CT molecular complexity index is 841. The molecule has 4 rings (SSSR count). The summed E-state index contributed by atoms with van der Waals surface area (Å²) in [5.74, 6) is 0.326. The largest absolute Gasteiger partial charge is 0.394 e. The van der Waals surface area contributed by atoms with Crippen LogP contribution in [0.15, 0.2) is 11.6 Å². The molecule has 3 aliphatic carbocycles. The van der Waals surface area contributed by atoms with Crippen molar-refractivity contribution in [2.24, 2.45) is 28.1 Å². The highest BCUT2D eigenvalue weighted by atomic mass is 16.7. The molecular formula is C26H42O9. The van der Waals surface area contributed by atoms with E-state index >= 15 is 0 Å². The Morgan fingerprint density at radius 1 is 1.06 bits per heavy atom. The van der Waals surface area contributed by atoms with Crippen LogP contribution >= 0.6 is 0 Å². The summed E-state index contributed by atoms with van der Waals surface area (Å²) in [6.45, 7) is 7.29. The summed E-state index contributed by atoms with van der Waals surface area (Å²) in [6.07, 6.45) is -2.81. The van der Waals surface area contributed by atoms with Gasteiger partial charge in [-0.3, -0.25) is 4.79 Å². The van der Waals surface area contributed by atoms with E-state index in [1.807, 2.05) is 20.8 Å². The fourth-order valence-corrected chi connectivity index (χ4v) is 7.61. The Morgan fingerprint density at radius 2 is 1.74 bits per heavy atom. The SMILES string of the molecule is CC1(C)[C@H](O)[C@H](O)C[C@]2(C)[C@H]3CC[C@@](C)(C(=O)CO[C@@H]4O[C@H](CO)[C@@H](O)[C@H](O)[C@H]4O)C=C3CC[C@@H]12. The molecule has 0 aromatic carbocycles. The van der Waals surface area contributed by atoms with Crippen molar-refractivity contribution < 1.29 is 44.9 Å². The molecule has 1 saturated heterocycles. The molecule has 0 unspecified atom stereocenters. The van der Waals surface area contributed by atoms with Crippen molar-refractivity contribution in [3.05, 3.63) is 11.6 Å². The number of ether oxygens (including phenoxy) is 2. The number of hydrogen-bond acceptors (Lipinski definition) is 9. The van der Waals surface area contributed by atoms with Crippen LogP contribution in [-0.4, -0.2) is 92.5 Å². The van der Waals surface area contributed by atoms with Crippen LogP contribution < -0.4 is 0 Å². The first-order valence-corrected chi connectivity index (χ1v) is 12.8. The Labute approximate surface area is 206 Å². The van der Waals surface area contributed by atoms with Crippen molar-refractivity contribution in [2.75, 3.05) is 13.2 Å². The molecule has 4 aliphatic rings. The van der Waals surface area contributed by atoms with Gasteiger partial charge in [0.2, 0.25) is 0 Å². The van der Waals surface area contributed by atoms with Crippen molar-refractivity contribution in [3.8, 4) is 0 Å². The fraction of sp³-hybridized carbons (Fsp3) is 0.885. The second-order valence-corrected chi connectivity index (χ2v) is 12.3. The molecule has 0 radical (unpaired) electrons. The molecule has 0 aromatic rings. The lowest BCUT2D eigenvalue weighted by Gasteiger charge is -2.61. The minimum Gasteiger partial charge on any atom is -0.394 e. The Morgan fingerprint density at radius 3 is 2.40 bits per heavy atom. The quantitative estimate of drug-likeness (QED) is 0.293. The first-order chi connectivity index (χ1) is 16.3. The van der Waals surface area contributed by atoms with E-state index in [0.29, 0.717) is 12.8 Å². The van der Waals surface area contributed by atoms with Gasteiger partial charge in [-0.25, -0.2) is 0 Å². The van der Waals surface area contributed by atoms with Gasteiger partial charge in [-0.2, -0.15) is 0 Å². The van der Waals surface area contributed by atoms with Crippen LogP contribution in [0, 0.1) is 28.1 Å². The molecule has 0 bridgehead atoms. The first-order valence-electron chi connectivity index (χ1n) is 12.8. The summed E-state index contributed by atoms with van der Waals surface area (Å²) in [6, 6.07) is 0. The van der Waals surface area contributed by atoms with Gasteiger partial charge in [-0.15, -0.1) is 0 Å². The number of rotatable bonds is 5. The van der Waals surface area contributed by atoms with Crippen LogP contribution in [0.2, 0.25) is 0 Å². The zero-order valence-corrected chi connectivity index (χ0v) is 21.1. The van der Waals surface area contributed by atoms with Gasteiger partial charge in [0.1, 0.15) is 31.0 Å². The standard InChI is InChI=1S/C26H42O9/c1-24(2)17-6-5-13-9-25(3,8-7-14(13)26(17,4)10-15(28)22(24)33)18(29)12-34-23-21(32)20(31)19(30)16(11-27)35-23/h9,14-17,19-23,27-28,30-33H,5-8,10-12H2,1-4H3/t14-,15+,16+,17-,19+,20-,21+,22+,23+,25+,26+/m0/s1. The lowest BCUT2D eigenvalue weighted by molar-refractivity contribution is -0.299. The molecule has 9 heteroatoms. The van der Waals surface area contributed by atoms with E-state index in [9.17, 15) is 35.4 Å². The predicted molar refractivity (Wildman–Crippen MR) is 125 cm³/mol. The van der Waals surface area contributed by atoms with E-state index in [4.69, 9.17) is 9.47 Å². The highest BCUT2D eigenvalue weighted by Crippen LogP contribution is 2.63. The highest BCUT2D eigenvalue weighted by Gasteiger charge is 2.60. The summed E-state index contributed by atoms with van der Waals surface area (Å²) in [4.78, 5) is 13.3. The molecule has 35 heavy (non-hydrogen) atoms. The number of hydrogen-bond donors (Lipinski definition) is 6. The zero-order chi connectivity index (χ0) is 25.9. The lowest BCUT2D eigenvalue weighted by atomic mass is 9.44. The summed E-state index contributed by atoms with van der Waals surface area (Å²) in [5.41, 5.74) is -0.0964. The number of aliphatic hydroxyl groups is 6. The number of ketones is 1. The topological polar surface area (TPSA) is 157 Å². The van der Waals surface area contributed by atoms with Crippen LogP contribution in [0.5, 0.6) is 0 Å². The number of allylic oxidation sites excluding steroid dienone is 2. The van der Waals surface area contributed by atoms with E-state index in [0.717, 1.165) is 19.3 Å². The molecular weight excluding hydrogens is 456 g/mol. The van der Waals surface area contributed by atoms with Crippen molar-refractivity contribution in [2.45, 2.75) is 103 Å². The third kappa shape index (κ3) is 4.42. The molecule has 0 amide bonds. The number of fused-ring (bicyclic) bond motifs is 3. The average Bonchev–Trinajstić information content (AvgIpc) is 2.80. The molecule has 11 atom stereocenters. The molecule has 6 N–H and O–H groups in total. The third-order valence-corrected chi connectivity index (χ3v) is 9.76. The minimum absolute atomic E-state index is 0.163. The van der Waals surface area contributed by atoms with E-state index in [1.165, 1.54) is 5.57 Å². The minimum atomic E-state index is -1.56. The molecule has 1 aliphatic heterocycles. The van der Waals surface area contributed by atoms with Gasteiger partial charge in [0.25, 0.3) is 0 Å². The molecule has 2 saturated carbocycles. The number of aliphatic hydroxyl groups excluding tert-OH is 6. The molecule has 9 nitrogen and oxygen atoms in total. The number of carbonyl (C=O) groups excluding carboxylic acids is 1. The van der Waals surface area contributed by atoms with Crippen molar-refractivity contribution in [1.82, 2.24) is 0 Å². The van der Waals surface area contributed by atoms with Crippen LogP contribution in [0.25, 0.3) is 0 Å². The lowest BCUT2D eigenvalue weighted by Crippen LogP contribution is -2.60. The van der Waals surface area contributed by atoms with Gasteiger partial charge in [-0.1, -0.05) is 32.4 Å². The van der Waals surface area contributed by atoms with Crippen LogP contribution in [-0.2, 0) is 14.3 Å². The summed E-state index contributed by atoms with van der Waals surface area (Å²) < 4.78 is 10.9. The Balaban J connectivity index is 1.47. The van der Waals surface area contributed by atoms with E-state index in [1.54, 1.807) is 0 Å². The third-order valence-electron chi connectivity index (χ3n) is 9.76. The normalized spacial score (nSPS) is 49.5. The zero-order valence-electron chi connectivity index (χ0n) is 21.1. The van der Waals surface area contributed by atoms with E-state index in [2.05, 4.69) is 13.0 Å². The van der Waals surface area contributed by atoms with E-state index in [-0.39, 0.29) is 29.6 Å². The van der Waals surface area contributed by atoms with Crippen molar-refractivity contribution >= 4 is 5.78 Å². The maximum absolute atomic E-state index is 13.3. The predicted octanol–water partition coefficient (Wildman–Crippen LogP) is 0.283. The molecule has 0 spiro atoms. The smallest absolute Gasteiger partial charge is 0.187 e. The van der Waals surface area contributed by atoms with Gasteiger partial charge in [0.15, 0.2) is 12.1 Å². The van der Waals surface area contributed by atoms with Crippen LogP contribution in [0.1, 0.15) is 59.8 Å². The van der Waals surface area contributed by atoms with Gasteiger partial charge < -0.3 is 40.1 Å². The van der Waals surface area contributed by atoms with Gasteiger partial charge >= 0.3 is 0 Å². The maximum Gasteiger partial charge on any atom is 0.187 e. The average molecular weight is 499 g/mol. The molecule has 200 valence electrons. The van der Waals surface area contributed by atoms with Crippen molar-refractivity contribution in [3.63, 3.8) is 0 Å². The Hall–Kier alpha value is -0.910. The first kappa shape index (κ1) is 27.1. The van der Waals surface area contributed by atoms with Crippen LogP contribution in [0.3, 0.4) is 0 Å². The number of Topliss-reactive ketones (excluding diaryl/α,β-unsaturated/α-hetero) is 1. The second kappa shape index (κ2) is 9.44. The van der Waals surface area contributed by atoms with Crippen LogP contribution in [0.4, 0.5) is 0 Å². The molecule has 3 fully saturated rings. The van der Waals surface area contributed by atoms with Gasteiger partial charge in [0.05, 0.1) is 18.8 Å². The monoisotopic (exact) mass is 498 g/mol. The molecule has 0 aromatic heterocycles. The van der Waals surface area contributed by atoms with Crippen molar-refractivity contribution in [1.29, 1.82) is 0 Å². The van der Waals surface area contributed by atoms with Gasteiger partial charge in [-0.05, 0) is 61.7 Å². The highest BCUT2D eigenvalue weighted by molar-refractivity contribution is 5.87. The molecule has 1 heterocycles. The summed E-state index contributed by atoms with van der Waals surface area (Å²) in [7, 11) is 0. The number of carbonyl (C=O) groups is 1.